The fourth-order valence-electron chi connectivity index (χ4n) is 4.68. The molecule has 0 bridgehead atoms. The lowest BCUT2D eigenvalue weighted by Crippen LogP contribution is -2.20. The fraction of sp³-hybridized carbons (Fsp3) is 0.219. The molecule has 40 heavy (non-hydrogen) atoms. The number of para-hydroxylation sites is 1. The van der Waals surface area contributed by atoms with Gasteiger partial charge in [0.2, 0.25) is 5.91 Å². The van der Waals surface area contributed by atoms with Crippen molar-refractivity contribution in [2.24, 2.45) is 5.92 Å². The van der Waals surface area contributed by atoms with Crippen LogP contribution in [0.2, 0.25) is 0 Å². The van der Waals surface area contributed by atoms with Crippen molar-refractivity contribution < 1.29 is 14.3 Å². The number of amides is 2. The van der Waals surface area contributed by atoms with Gasteiger partial charge in [-0.15, -0.1) is 23.1 Å². The van der Waals surface area contributed by atoms with E-state index in [0.29, 0.717) is 27.9 Å². The smallest absolute Gasteiger partial charge is 0.262 e. The molecule has 4 aromatic rings. The number of fused-ring (bicyclic) bond motifs is 1. The Morgan fingerprint density at radius 3 is 2.55 bits per heavy atom. The summed E-state index contributed by atoms with van der Waals surface area (Å²) in [6.45, 7) is 2.11. The van der Waals surface area contributed by atoms with Crippen molar-refractivity contribution in [1.82, 2.24) is 0 Å². The van der Waals surface area contributed by atoms with E-state index in [1.54, 1.807) is 18.2 Å². The molecule has 1 aliphatic rings. The first-order chi connectivity index (χ1) is 19.5. The quantitative estimate of drug-likeness (QED) is 0.208. The first-order valence-electron chi connectivity index (χ1n) is 13.1. The van der Waals surface area contributed by atoms with Crippen molar-refractivity contribution in [2.75, 3.05) is 17.2 Å². The molecule has 8 heteroatoms. The predicted octanol–water partition coefficient (Wildman–Crippen LogP) is 7.23. The topological polar surface area (TPSA) is 91.2 Å². The molecular weight excluding hydrogens is 539 g/mol. The van der Waals surface area contributed by atoms with Crippen molar-refractivity contribution in [3.05, 3.63) is 106 Å². The van der Waals surface area contributed by atoms with Gasteiger partial charge in [-0.25, -0.2) is 0 Å². The second-order valence-corrected chi connectivity index (χ2v) is 12.0. The summed E-state index contributed by atoms with van der Waals surface area (Å²) < 4.78 is 5.54. The van der Waals surface area contributed by atoms with Gasteiger partial charge in [0.1, 0.15) is 22.1 Å². The first kappa shape index (κ1) is 27.5. The number of rotatable bonds is 9. The van der Waals surface area contributed by atoms with Crippen LogP contribution in [0.3, 0.4) is 0 Å². The van der Waals surface area contributed by atoms with Crippen LogP contribution in [0.5, 0.6) is 5.75 Å². The number of nitriles is 1. The minimum absolute atomic E-state index is 0.110. The average molecular weight is 568 g/mol. The summed E-state index contributed by atoms with van der Waals surface area (Å²) in [5.74, 6) is 0.735. The highest BCUT2D eigenvalue weighted by molar-refractivity contribution is 8.00. The van der Waals surface area contributed by atoms with Crippen molar-refractivity contribution >= 4 is 45.6 Å². The summed E-state index contributed by atoms with van der Waals surface area (Å²) in [5.41, 5.74) is 3.15. The number of thioether (sulfide) groups is 1. The third-order valence-corrected chi connectivity index (χ3v) is 9.10. The summed E-state index contributed by atoms with van der Waals surface area (Å²) in [4.78, 5) is 28.2. The Labute approximate surface area is 242 Å². The van der Waals surface area contributed by atoms with Crippen LogP contribution in [0.4, 0.5) is 10.7 Å². The molecular formula is C32H29N3O3S2. The van der Waals surface area contributed by atoms with E-state index < -0.39 is 5.25 Å². The maximum atomic E-state index is 13.7. The molecule has 1 heterocycles. The molecule has 3 aromatic carbocycles. The Balaban J connectivity index is 1.31. The maximum absolute atomic E-state index is 13.7. The van der Waals surface area contributed by atoms with Gasteiger partial charge in [0.25, 0.3) is 5.91 Å². The number of benzene rings is 3. The van der Waals surface area contributed by atoms with Gasteiger partial charge in [-0.1, -0.05) is 61.5 Å². The second kappa shape index (κ2) is 12.9. The van der Waals surface area contributed by atoms with Crippen LogP contribution < -0.4 is 15.4 Å². The molecule has 2 N–H and O–H groups in total. The van der Waals surface area contributed by atoms with Gasteiger partial charge < -0.3 is 15.4 Å². The molecule has 1 aromatic heterocycles. The third kappa shape index (κ3) is 6.74. The van der Waals surface area contributed by atoms with E-state index in [-0.39, 0.29) is 18.4 Å². The molecule has 2 unspecified atom stereocenters. The molecule has 2 amide bonds. The lowest BCUT2D eigenvalue weighted by atomic mass is 9.88. The van der Waals surface area contributed by atoms with Crippen LogP contribution in [0.25, 0.3) is 0 Å². The molecule has 2 atom stereocenters. The number of carbonyl (C=O) groups excluding carboxylic acids is 2. The molecule has 202 valence electrons. The van der Waals surface area contributed by atoms with E-state index in [9.17, 15) is 14.9 Å². The lowest BCUT2D eigenvalue weighted by molar-refractivity contribution is -0.118. The minimum Gasteiger partial charge on any atom is -0.484 e. The van der Waals surface area contributed by atoms with Crippen LogP contribution in [0, 0.1) is 17.2 Å². The molecule has 5 rings (SSSR count). The van der Waals surface area contributed by atoms with E-state index in [0.717, 1.165) is 35.3 Å². The summed E-state index contributed by atoms with van der Waals surface area (Å²) in [6, 6.07) is 28.5. The number of ether oxygens (including phenoxy) is 1. The van der Waals surface area contributed by atoms with Crippen molar-refractivity contribution in [1.29, 1.82) is 5.26 Å². The van der Waals surface area contributed by atoms with Crippen LogP contribution in [0.1, 0.15) is 40.2 Å². The van der Waals surface area contributed by atoms with Crippen molar-refractivity contribution in [2.45, 2.75) is 36.3 Å². The van der Waals surface area contributed by atoms with Gasteiger partial charge in [-0.05, 0) is 66.6 Å². The zero-order valence-corrected chi connectivity index (χ0v) is 23.7. The Hall–Kier alpha value is -4.06. The van der Waals surface area contributed by atoms with Gasteiger partial charge in [0.15, 0.2) is 6.61 Å². The van der Waals surface area contributed by atoms with Gasteiger partial charge in [-0.2, -0.15) is 5.26 Å². The predicted molar refractivity (Wildman–Crippen MR) is 161 cm³/mol. The van der Waals surface area contributed by atoms with Gasteiger partial charge in [-0.3, -0.25) is 9.59 Å². The van der Waals surface area contributed by atoms with E-state index in [1.807, 2.05) is 66.7 Å². The second-order valence-electron chi connectivity index (χ2n) is 9.74. The molecule has 0 radical (unpaired) electrons. The monoisotopic (exact) mass is 567 g/mol. The van der Waals surface area contributed by atoms with Gasteiger partial charge in [0, 0.05) is 15.5 Å². The molecule has 0 spiro atoms. The van der Waals surface area contributed by atoms with E-state index >= 15 is 0 Å². The maximum Gasteiger partial charge on any atom is 0.262 e. The average Bonchev–Trinajstić information content (AvgIpc) is 3.31. The number of nitrogens with zero attached hydrogens (tertiary/aromatic N) is 1. The number of hydrogen-bond donors (Lipinski definition) is 2. The number of anilines is 2. The van der Waals surface area contributed by atoms with E-state index in [2.05, 4.69) is 23.6 Å². The number of hydrogen-bond acceptors (Lipinski definition) is 6. The highest BCUT2D eigenvalue weighted by Gasteiger charge is 2.28. The Bertz CT molecular complexity index is 1530. The zero-order chi connectivity index (χ0) is 27.9. The largest absolute Gasteiger partial charge is 0.484 e. The van der Waals surface area contributed by atoms with Crippen molar-refractivity contribution in [3.63, 3.8) is 0 Å². The van der Waals surface area contributed by atoms with Gasteiger partial charge >= 0.3 is 0 Å². The van der Waals surface area contributed by atoms with Crippen LogP contribution in [-0.4, -0.2) is 18.4 Å². The number of nitrogens with one attached hydrogen (secondary N) is 2. The molecule has 6 nitrogen and oxygen atoms in total. The molecule has 0 saturated carbocycles. The highest BCUT2D eigenvalue weighted by atomic mass is 32.2. The molecule has 0 fully saturated rings. The minimum atomic E-state index is -0.557. The number of carbonyl (C=O) groups is 2. The van der Waals surface area contributed by atoms with Crippen molar-refractivity contribution in [3.8, 4) is 11.8 Å². The normalized spacial score (nSPS) is 14.8. The summed E-state index contributed by atoms with van der Waals surface area (Å²) in [7, 11) is 0. The Kier molecular flexibility index (Phi) is 8.84. The SMILES string of the molecule is CC1CCc2c(sc(NC(=O)C(Sc3cccc(NC(=O)COc4ccccc4)c3)c3ccccc3)c2C#N)C1. The third-order valence-electron chi connectivity index (χ3n) is 6.69. The van der Waals surface area contributed by atoms with Crippen LogP contribution in [0.15, 0.2) is 89.8 Å². The van der Waals surface area contributed by atoms with Gasteiger partial charge in [0.05, 0.1) is 5.56 Å². The fourth-order valence-corrected chi connectivity index (χ4v) is 7.13. The Morgan fingerprint density at radius 2 is 1.80 bits per heavy atom. The molecule has 0 saturated heterocycles. The summed E-state index contributed by atoms with van der Waals surface area (Å²) in [6.07, 6.45) is 2.87. The van der Waals surface area contributed by atoms with E-state index in [4.69, 9.17) is 4.74 Å². The summed E-state index contributed by atoms with van der Waals surface area (Å²) in [5, 5.41) is 15.9. The standard InChI is InChI=1S/C32H29N3O3S2/c1-21-15-16-26-27(19-33)32(40-28(26)17-21)35-31(37)30(22-9-4-2-5-10-22)39-25-14-8-11-23(18-25)34-29(36)20-38-24-12-6-3-7-13-24/h2-14,18,21,30H,15-17,20H2,1H3,(H,34,36)(H,35,37). The lowest BCUT2D eigenvalue weighted by Gasteiger charge is -2.17. The Morgan fingerprint density at radius 1 is 1.05 bits per heavy atom. The molecule has 0 aliphatic heterocycles. The van der Waals surface area contributed by atoms with E-state index in [1.165, 1.54) is 28.0 Å². The molecule has 1 aliphatic carbocycles. The van der Waals surface area contributed by atoms with Crippen LogP contribution in [-0.2, 0) is 22.4 Å². The highest BCUT2D eigenvalue weighted by Crippen LogP contribution is 2.41. The summed E-state index contributed by atoms with van der Waals surface area (Å²) >= 11 is 2.92. The number of thiophene rings is 1. The first-order valence-corrected chi connectivity index (χ1v) is 14.8. The van der Waals surface area contributed by atoms with Crippen LogP contribution >= 0.6 is 23.1 Å². The zero-order valence-electron chi connectivity index (χ0n) is 22.1.